The van der Waals surface area contributed by atoms with Crippen molar-refractivity contribution in [2.24, 2.45) is 27.1 Å². The van der Waals surface area contributed by atoms with E-state index in [0.717, 1.165) is 62.6 Å². The highest BCUT2D eigenvalue weighted by molar-refractivity contribution is 5.95. The van der Waals surface area contributed by atoms with E-state index in [-0.39, 0.29) is 22.2 Å². The lowest BCUT2D eigenvalue weighted by atomic mass is 9.41. The lowest BCUT2D eigenvalue weighted by molar-refractivity contribution is -0.215. The van der Waals surface area contributed by atoms with E-state index in [0.29, 0.717) is 55.8 Å². The van der Waals surface area contributed by atoms with Crippen molar-refractivity contribution in [1.82, 2.24) is 10.2 Å². The topological polar surface area (TPSA) is 118 Å². The summed E-state index contributed by atoms with van der Waals surface area (Å²) in [5.74, 6) is 1.95. The van der Waals surface area contributed by atoms with Crippen LogP contribution in [0.4, 0.5) is 10.1 Å². The maximum atomic E-state index is 14.2. The first-order valence-corrected chi connectivity index (χ1v) is 13.7. The van der Waals surface area contributed by atoms with E-state index in [9.17, 15) is 14.4 Å². The predicted molar refractivity (Wildman–Crippen MR) is 135 cm³/mol. The predicted octanol–water partition coefficient (Wildman–Crippen LogP) is 5.32. The highest BCUT2D eigenvalue weighted by atomic mass is 19.1. The van der Waals surface area contributed by atoms with E-state index < -0.39 is 5.67 Å². The molecule has 0 spiro atoms. The molecule has 9 heteroatoms. The monoisotopic (exact) mass is 507 g/mol. The molecule has 1 amide bonds. The number of fused-ring (bicyclic) bond motifs is 3. The van der Waals surface area contributed by atoms with Crippen LogP contribution in [0.25, 0.3) is 11.5 Å². The molecule has 7 fully saturated rings. The summed E-state index contributed by atoms with van der Waals surface area (Å²) in [6.45, 7) is 0.621. The Morgan fingerprint density at radius 1 is 1.11 bits per heavy atom. The third-order valence-corrected chi connectivity index (χ3v) is 10.2. The minimum atomic E-state index is -1.02. The number of hydrogen-bond donors (Lipinski definition) is 2. The van der Waals surface area contributed by atoms with Crippen molar-refractivity contribution in [2.75, 3.05) is 11.4 Å². The van der Waals surface area contributed by atoms with Crippen LogP contribution in [0.5, 0.6) is 0 Å². The van der Waals surface area contributed by atoms with Crippen LogP contribution < -0.4 is 10.6 Å². The molecule has 7 saturated carbocycles. The molecule has 3 N–H and O–H groups in total. The number of carbonyl (C=O) groups is 1. The summed E-state index contributed by atoms with van der Waals surface area (Å²) in [6, 6.07) is 7.83. The minimum absolute atomic E-state index is 0.00643. The summed E-state index contributed by atoms with van der Waals surface area (Å²) < 4.78 is 20.2. The lowest BCUT2D eigenvalue weighted by Crippen LogP contribution is -2.65. The van der Waals surface area contributed by atoms with Crippen LogP contribution in [-0.2, 0) is 4.79 Å². The van der Waals surface area contributed by atoms with Gasteiger partial charge in [-0.25, -0.2) is 4.39 Å². The molecule has 0 unspecified atom stereocenters. The summed E-state index contributed by atoms with van der Waals surface area (Å²) in [6.07, 6.45) is 9.49. The van der Waals surface area contributed by atoms with Gasteiger partial charge in [0.25, 0.3) is 0 Å². The van der Waals surface area contributed by atoms with Gasteiger partial charge in [-0.05, 0) is 99.7 Å². The Morgan fingerprint density at radius 2 is 1.81 bits per heavy atom. The van der Waals surface area contributed by atoms with Gasteiger partial charge in [-0.2, -0.15) is 0 Å². The number of benzene rings is 1. The highest BCUT2D eigenvalue weighted by Crippen LogP contribution is 2.71. The molecule has 0 aliphatic heterocycles. The maximum absolute atomic E-state index is 14.2. The second-order valence-corrected chi connectivity index (χ2v) is 12.9. The van der Waals surface area contributed by atoms with Gasteiger partial charge in [0, 0.05) is 35.5 Å². The maximum Gasteiger partial charge on any atom is 0.247 e. The number of alkyl halides is 1. The van der Waals surface area contributed by atoms with E-state index >= 15 is 0 Å². The summed E-state index contributed by atoms with van der Waals surface area (Å²) in [7, 11) is 0. The van der Waals surface area contributed by atoms with E-state index in [1.54, 1.807) is 0 Å². The number of hydrogen-bond acceptors (Lipinski definition) is 6. The Labute approximate surface area is 215 Å². The van der Waals surface area contributed by atoms with Gasteiger partial charge < -0.3 is 20.3 Å². The number of oxime groups is 1. The normalized spacial score (nSPS) is 36.1. The Bertz CT molecular complexity index is 1240. The molecule has 1 heterocycles. The quantitative estimate of drug-likeness (QED) is 0.216. The Morgan fingerprint density at radius 3 is 2.43 bits per heavy atom. The second kappa shape index (κ2) is 7.77. The number of rotatable bonds is 8. The first kappa shape index (κ1) is 23.2. The Kier molecular flexibility index (Phi) is 4.87. The van der Waals surface area contributed by atoms with Gasteiger partial charge in [-0.1, -0.05) is 11.2 Å². The van der Waals surface area contributed by atoms with Gasteiger partial charge in [0.05, 0.1) is 0 Å². The largest absolute Gasteiger partial charge is 0.420 e. The molecule has 196 valence electrons. The lowest BCUT2D eigenvalue weighted by Gasteiger charge is -2.66. The molecular formula is C28H34FN5O3. The smallest absolute Gasteiger partial charge is 0.247 e. The van der Waals surface area contributed by atoms with E-state index in [1.807, 2.05) is 29.2 Å². The van der Waals surface area contributed by atoms with Crippen molar-refractivity contribution >= 4 is 17.4 Å². The van der Waals surface area contributed by atoms with E-state index in [4.69, 9.17) is 10.2 Å². The fraction of sp³-hybridized carbons (Fsp3) is 0.643. The standard InChI is InChI=1S/C28H34FN5O3/c29-28-14-26(15-28,16-28)13-21(35)34(17-25-6-9-27(10-7-25,11-8-25)24(30)33-36)20-3-1-2-19(12-20)23-32-31-22(37-23)18-4-5-18/h1-3,12,18,36H,4-11,13-17H2,(H2,30,33). The highest BCUT2D eigenvalue weighted by Gasteiger charge is 2.69. The van der Waals surface area contributed by atoms with Crippen LogP contribution in [0, 0.1) is 16.2 Å². The van der Waals surface area contributed by atoms with Crippen LogP contribution in [0.3, 0.4) is 0 Å². The molecule has 1 aromatic heterocycles. The summed E-state index contributed by atoms with van der Waals surface area (Å²) >= 11 is 0. The van der Waals surface area contributed by atoms with Crippen molar-refractivity contribution in [3.05, 3.63) is 30.2 Å². The van der Waals surface area contributed by atoms with Crippen LogP contribution in [0.15, 0.2) is 33.8 Å². The van der Waals surface area contributed by atoms with Crippen LogP contribution >= 0.6 is 0 Å². The number of amides is 1. The molecule has 8 nitrogen and oxygen atoms in total. The number of nitrogens with two attached hydrogens (primary N) is 1. The van der Waals surface area contributed by atoms with Crippen molar-refractivity contribution in [3.8, 4) is 11.5 Å². The van der Waals surface area contributed by atoms with E-state index in [1.165, 1.54) is 0 Å². The molecule has 7 aliphatic carbocycles. The molecule has 7 aliphatic rings. The Balaban J connectivity index is 1.16. The van der Waals surface area contributed by atoms with Crippen molar-refractivity contribution < 1.29 is 18.8 Å². The third-order valence-electron chi connectivity index (χ3n) is 10.2. The first-order chi connectivity index (χ1) is 17.7. The molecule has 9 rings (SSSR count). The third kappa shape index (κ3) is 3.76. The Hall–Kier alpha value is -2.97. The van der Waals surface area contributed by atoms with Gasteiger partial charge in [0.2, 0.25) is 17.7 Å². The first-order valence-electron chi connectivity index (χ1n) is 13.7. The molecule has 0 saturated heterocycles. The van der Waals surface area contributed by atoms with Gasteiger partial charge in [0.1, 0.15) is 11.5 Å². The van der Waals surface area contributed by atoms with Crippen molar-refractivity contribution in [1.29, 1.82) is 0 Å². The van der Waals surface area contributed by atoms with Gasteiger partial charge >= 0.3 is 0 Å². The molecular weight excluding hydrogens is 473 g/mol. The molecule has 1 aromatic carbocycles. The SMILES string of the molecule is N/C(=N/O)C12CCC(CN(C(=O)CC34CC(F)(C3)C4)c3cccc(-c4nnc(C5CC5)o4)c3)(CC1)CC2. The molecule has 0 atom stereocenters. The van der Waals surface area contributed by atoms with Gasteiger partial charge in [-0.3, -0.25) is 4.79 Å². The summed E-state index contributed by atoms with van der Waals surface area (Å²) in [5.41, 5.74) is 6.31. The zero-order valence-corrected chi connectivity index (χ0v) is 21.1. The average molecular weight is 508 g/mol. The molecule has 37 heavy (non-hydrogen) atoms. The van der Waals surface area contributed by atoms with Crippen LogP contribution in [0.2, 0.25) is 0 Å². The molecule has 4 bridgehead atoms. The number of halogens is 1. The summed E-state index contributed by atoms with van der Waals surface area (Å²) in [4.78, 5) is 15.8. The number of amidine groups is 1. The second-order valence-electron chi connectivity index (χ2n) is 12.9. The van der Waals surface area contributed by atoms with Crippen molar-refractivity contribution in [2.45, 2.75) is 88.6 Å². The average Bonchev–Trinajstić information content (AvgIpc) is 3.62. The zero-order chi connectivity index (χ0) is 25.5. The number of anilines is 1. The number of aromatic nitrogens is 2. The van der Waals surface area contributed by atoms with Gasteiger partial charge in [-0.15, -0.1) is 10.2 Å². The van der Waals surface area contributed by atoms with Gasteiger partial charge in [0.15, 0.2) is 0 Å². The molecule has 0 radical (unpaired) electrons. The van der Waals surface area contributed by atoms with Crippen molar-refractivity contribution in [3.63, 3.8) is 0 Å². The number of carbonyl (C=O) groups excluding carboxylic acids is 1. The fourth-order valence-corrected chi connectivity index (χ4v) is 7.77. The van der Waals surface area contributed by atoms with Crippen LogP contribution in [0.1, 0.15) is 88.9 Å². The zero-order valence-electron chi connectivity index (χ0n) is 21.1. The minimum Gasteiger partial charge on any atom is -0.420 e. The summed E-state index contributed by atoms with van der Waals surface area (Å²) in [5, 5.41) is 21.1. The van der Waals surface area contributed by atoms with Crippen LogP contribution in [-0.4, -0.2) is 39.4 Å². The van der Waals surface area contributed by atoms with E-state index in [2.05, 4.69) is 15.4 Å². The fourth-order valence-electron chi connectivity index (χ4n) is 7.77. The number of nitrogens with zero attached hydrogens (tertiary/aromatic N) is 4. The molecule has 2 aromatic rings.